The maximum atomic E-state index is 12.7. The molecule has 0 unspecified atom stereocenters. The van der Waals surface area contributed by atoms with E-state index in [0.29, 0.717) is 28.4 Å². The van der Waals surface area contributed by atoms with E-state index in [0.717, 1.165) is 29.8 Å². The molecule has 128 valence electrons. The number of aromatic amines is 1. The Morgan fingerprint density at radius 2 is 2.04 bits per heavy atom. The van der Waals surface area contributed by atoms with Gasteiger partial charge < -0.3 is 4.98 Å². The summed E-state index contributed by atoms with van der Waals surface area (Å²) in [7, 11) is 0. The average Bonchev–Trinajstić information content (AvgIpc) is 2.95. The van der Waals surface area contributed by atoms with E-state index in [-0.39, 0.29) is 23.0 Å². The van der Waals surface area contributed by atoms with Crippen molar-refractivity contribution in [3.63, 3.8) is 0 Å². The molecule has 0 aromatic carbocycles. The Bertz CT molecular complexity index is 885. The molecule has 1 N–H and O–H groups in total. The number of nitrogens with zero attached hydrogens (tertiary/aromatic N) is 1. The fourth-order valence-electron chi connectivity index (χ4n) is 3.66. The molecule has 1 aliphatic carbocycles. The van der Waals surface area contributed by atoms with Crippen LogP contribution in [0.15, 0.2) is 4.79 Å². The van der Waals surface area contributed by atoms with Gasteiger partial charge in [0.1, 0.15) is 0 Å². The monoisotopic (exact) mass is 346 g/mol. The Hall–Kier alpha value is -1.95. The van der Waals surface area contributed by atoms with Gasteiger partial charge in [-0.15, -0.1) is 0 Å². The number of rotatable bonds is 4. The van der Waals surface area contributed by atoms with Gasteiger partial charge in [0.25, 0.3) is 0 Å². The summed E-state index contributed by atoms with van der Waals surface area (Å²) in [5, 5.41) is 0. The molecule has 24 heavy (non-hydrogen) atoms. The second-order valence-corrected chi connectivity index (χ2v) is 7.82. The molecule has 2 heterocycles. The third-order valence-electron chi connectivity index (χ3n) is 4.86. The van der Waals surface area contributed by atoms with Crippen LogP contribution in [0.1, 0.15) is 62.9 Å². The fourth-order valence-corrected chi connectivity index (χ4v) is 4.85. The quantitative estimate of drug-likeness (QED) is 0.865. The highest BCUT2D eigenvalue weighted by Gasteiger charge is 2.25. The summed E-state index contributed by atoms with van der Waals surface area (Å²) in [4.78, 5) is 40.9. The molecular weight excluding hydrogens is 324 g/mol. The van der Waals surface area contributed by atoms with E-state index >= 15 is 0 Å². The van der Waals surface area contributed by atoms with E-state index in [1.165, 1.54) is 18.3 Å². The molecule has 0 bridgehead atoms. The highest BCUT2D eigenvalue weighted by Crippen LogP contribution is 2.27. The number of hydrogen-bond acceptors (Lipinski definition) is 4. The maximum absolute atomic E-state index is 12.7. The minimum Gasteiger partial charge on any atom is -0.355 e. The maximum Gasteiger partial charge on any atom is 0.307 e. The zero-order chi connectivity index (χ0) is 17.6. The van der Waals surface area contributed by atoms with Gasteiger partial charge >= 0.3 is 4.87 Å². The Morgan fingerprint density at radius 1 is 1.33 bits per heavy atom. The predicted molar refractivity (Wildman–Crippen MR) is 94.4 cm³/mol. The van der Waals surface area contributed by atoms with Crippen LogP contribution in [-0.4, -0.2) is 21.1 Å². The molecule has 0 radical (unpaired) electrons. The number of thiazole rings is 1. The van der Waals surface area contributed by atoms with E-state index in [1.807, 2.05) is 0 Å². The molecule has 0 spiro atoms. The number of nitrogens with one attached hydrogen (secondary N) is 1. The van der Waals surface area contributed by atoms with Crippen molar-refractivity contribution in [2.24, 2.45) is 5.92 Å². The molecule has 2 aromatic rings. The van der Waals surface area contributed by atoms with Gasteiger partial charge in [0, 0.05) is 21.8 Å². The molecule has 1 aliphatic rings. The first-order chi connectivity index (χ1) is 11.3. The van der Waals surface area contributed by atoms with Gasteiger partial charge in [-0.2, -0.15) is 0 Å². The van der Waals surface area contributed by atoms with Crippen molar-refractivity contribution in [1.82, 2.24) is 9.55 Å². The molecule has 5 nitrogen and oxygen atoms in total. The zero-order valence-electron chi connectivity index (χ0n) is 14.5. The number of fused-ring (bicyclic) bond motifs is 1. The zero-order valence-corrected chi connectivity index (χ0v) is 15.3. The summed E-state index contributed by atoms with van der Waals surface area (Å²) in [6, 6.07) is 0. The van der Waals surface area contributed by atoms with Crippen molar-refractivity contribution in [3.05, 3.63) is 42.8 Å². The van der Waals surface area contributed by atoms with Crippen LogP contribution < -0.4 is 4.87 Å². The van der Waals surface area contributed by atoms with Gasteiger partial charge in [-0.05, 0) is 51.5 Å². The molecular formula is C18H22N2O3S. The lowest BCUT2D eigenvalue weighted by Crippen LogP contribution is -2.24. The molecule has 6 heteroatoms. The number of ketones is 2. The van der Waals surface area contributed by atoms with Crippen molar-refractivity contribution < 1.29 is 9.59 Å². The Balaban J connectivity index is 1.93. The van der Waals surface area contributed by atoms with Crippen LogP contribution in [0.4, 0.5) is 0 Å². The summed E-state index contributed by atoms with van der Waals surface area (Å²) in [6.07, 6.45) is 2.82. The van der Waals surface area contributed by atoms with Crippen LogP contribution in [0.2, 0.25) is 0 Å². The Kier molecular flexibility index (Phi) is 4.34. The SMILES string of the molecule is CC(=O)c1c(C)[nH]c(C(=O)Cn2c3c(sc2=O)C[C@H](C)CC3)c1C. The van der Waals surface area contributed by atoms with Crippen LogP contribution in [0.25, 0.3) is 0 Å². The highest BCUT2D eigenvalue weighted by molar-refractivity contribution is 7.09. The summed E-state index contributed by atoms with van der Waals surface area (Å²) >= 11 is 1.27. The van der Waals surface area contributed by atoms with E-state index in [2.05, 4.69) is 11.9 Å². The van der Waals surface area contributed by atoms with Crippen molar-refractivity contribution in [2.75, 3.05) is 0 Å². The second kappa shape index (κ2) is 6.16. The lowest BCUT2D eigenvalue weighted by Gasteiger charge is -2.19. The molecule has 0 amide bonds. The van der Waals surface area contributed by atoms with Crippen LogP contribution in [-0.2, 0) is 19.4 Å². The number of Topliss-reactive ketones (excluding diaryl/α,β-unsaturated/α-hetero) is 2. The van der Waals surface area contributed by atoms with Crippen molar-refractivity contribution in [3.8, 4) is 0 Å². The van der Waals surface area contributed by atoms with Crippen LogP contribution in [0, 0.1) is 19.8 Å². The standard InChI is InChI=1S/C18H22N2O3S/c1-9-5-6-13-15(7-9)24-18(23)20(13)8-14(22)17-10(2)16(12(4)21)11(3)19-17/h9,19H,5-8H2,1-4H3/t9-/m1/s1. The third kappa shape index (κ3) is 2.79. The molecule has 0 fully saturated rings. The normalized spacial score (nSPS) is 16.9. The largest absolute Gasteiger partial charge is 0.355 e. The Labute approximate surface area is 144 Å². The lowest BCUT2D eigenvalue weighted by molar-refractivity contribution is 0.0964. The van der Waals surface area contributed by atoms with E-state index < -0.39 is 0 Å². The number of H-pyrrole nitrogens is 1. The topological polar surface area (TPSA) is 71.9 Å². The first kappa shape index (κ1) is 16.9. The first-order valence-corrected chi connectivity index (χ1v) is 9.06. The molecule has 2 aromatic heterocycles. The van der Waals surface area contributed by atoms with E-state index in [4.69, 9.17) is 0 Å². The summed E-state index contributed by atoms with van der Waals surface area (Å²) < 4.78 is 1.62. The second-order valence-electron chi connectivity index (χ2n) is 6.78. The van der Waals surface area contributed by atoms with Crippen LogP contribution in [0.3, 0.4) is 0 Å². The van der Waals surface area contributed by atoms with Gasteiger partial charge in [-0.3, -0.25) is 19.0 Å². The van der Waals surface area contributed by atoms with Gasteiger partial charge in [0.05, 0.1) is 12.2 Å². The minimum absolute atomic E-state index is 0.0389. The number of aromatic nitrogens is 2. The smallest absolute Gasteiger partial charge is 0.307 e. The number of carbonyl (C=O) groups excluding carboxylic acids is 2. The molecule has 3 rings (SSSR count). The number of aryl methyl sites for hydroxylation is 1. The van der Waals surface area contributed by atoms with Crippen molar-refractivity contribution in [2.45, 2.75) is 53.5 Å². The summed E-state index contributed by atoms with van der Waals surface area (Å²) in [5.41, 5.74) is 3.41. The molecule has 0 saturated heterocycles. The Morgan fingerprint density at radius 3 is 2.67 bits per heavy atom. The highest BCUT2D eigenvalue weighted by atomic mass is 32.1. The number of hydrogen-bond donors (Lipinski definition) is 1. The van der Waals surface area contributed by atoms with Crippen molar-refractivity contribution >= 4 is 22.9 Å². The van der Waals surface area contributed by atoms with E-state index in [1.54, 1.807) is 18.4 Å². The summed E-state index contributed by atoms with van der Waals surface area (Å²) in [6.45, 7) is 7.30. The van der Waals surface area contributed by atoms with Gasteiger partial charge in [0.2, 0.25) is 0 Å². The summed E-state index contributed by atoms with van der Waals surface area (Å²) in [5.74, 6) is 0.384. The molecule has 1 atom stereocenters. The lowest BCUT2D eigenvalue weighted by atomic mass is 9.93. The molecule has 0 saturated carbocycles. The third-order valence-corrected chi connectivity index (χ3v) is 5.90. The van der Waals surface area contributed by atoms with E-state index in [9.17, 15) is 14.4 Å². The minimum atomic E-state index is -0.149. The number of carbonyl (C=O) groups is 2. The van der Waals surface area contributed by atoms with Gasteiger partial charge in [-0.1, -0.05) is 18.3 Å². The van der Waals surface area contributed by atoms with Gasteiger partial charge in [-0.25, -0.2) is 0 Å². The molecule has 0 aliphatic heterocycles. The average molecular weight is 346 g/mol. The van der Waals surface area contributed by atoms with Crippen LogP contribution in [0.5, 0.6) is 0 Å². The fraction of sp³-hybridized carbons (Fsp3) is 0.500. The first-order valence-electron chi connectivity index (χ1n) is 8.24. The van der Waals surface area contributed by atoms with Gasteiger partial charge in [0.15, 0.2) is 11.6 Å². The predicted octanol–water partition coefficient (Wildman–Crippen LogP) is 3.07. The van der Waals surface area contributed by atoms with Crippen LogP contribution >= 0.6 is 11.3 Å². The van der Waals surface area contributed by atoms with Crippen molar-refractivity contribution in [1.29, 1.82) is 0 Å².